The van der Waals surface area contributed by atoms with Gasteiger partial charge in [0.1, 0.15) is 17.8 Å². The van der Waals surface area contributed by atoms with Crippen molar-refractivity contribution < 1.29 is 20.1 Å². The first-order chi connectivity index (χ1) is 12.9. The lowest BCUT2D eigenvalue weighted by Crippen LogP contribution is -2.59. The highest BCUT2D eigenvalue weighted by molar-refractivity contribution is 7.80. The zero-order valence-electron chi connectivity index (χ0n) is 15.8. The zero-order chi connectivity index (χ0) is 19.9. The van der Waals surface area contributed by atoms with Crippen LogP contribution in [-0.2, 0) is 17.8 Å². The fourth-order valence-corrected chi connectivity index (χ4v) is 3.36. The van der Waals surface area contributed by atoms with E-state index in [1.54, 1.807) is 0 Å². The van der Waals surface area contributed by atoms with Crippen LogP contribution in [0.4, 0.5) is 0 Å². The van der Waals surface area contributed by atoms with Crippen molar-refractivity contribution in [1.82, 2.24) is 0 Å². The first-order valence-electron chi connectivity index (χ1n) is 9.20. The molecule has 0 aliphatic carbocycles. The molecule has 0 radical (unpaired) electrons. The summed E-state index contributed by atoms with van der Waals surface area (Å²) in [5.74, 6) is 0. The predicted molar refractivity (Wildman–Crippen MR) is 111 cm³/mol. The highest BCUT2D eigenvalue weighted by Gasteiger charge is 2.47. The molecule has 5 heteroatoms. The summed E-state index contributed by atoms with van der Waals surface area (Å²) in [6, 6.07) is 19.2. The Balaban J connectivity index is 2.42. The molecule has 0 bridgehead atoms. The first-order valence-corrected chi connectivity index (χ1v) is 9.61. The summed E-state index contributed by atoms with van der Waals surface area (Å²) in [5, 5.41) is 31.3. The van der Waals surface area contributed by atoms with Gasteiger partial charge in [-0.3, -0.25) is 0 Å². The number of ether oxygens (including phenoxy) is 1. The second kappa shape index (κ2) is 10.1. The minimum Gasteiger partial charge on any atom is -0.391 e. The standard InChI is InChI=1S/C22H28O4S/c1-3-19(27)22(21(25)20(24)16(2)23,14-17-10-6-4-7-11-17)26-15-18-12-8-5-9-13-18/h4-13,16,20-21,23-25H,3,14-15H2,1-2H3/t16-,20+,21+,22+/m0/s1. The van der Waals surface area contributed by atoms with Crippen LogP contribution in [0.1, 0.15) is 31.4 Å². The number of hydrogen-bond donors (Lipinski definition) is 3. The average Bonchev–Trinajstić information content (AvgIpc) is 2.70. The van der Waals surface area contributed by atoms with Crippen molar-refractivity contribution in [3.63, 3.8) is 0 Å². The lowest BCUT2D eigenvalue weighted by atomic mass is 9.81. The van der Waals surface area contributed by atoms with E-state index < -0.39 is 23.9 Å². The number of thiocarbonyl (C=S) groups is 1. The van der Waals surface area contributed by atoms with Crippen molar-refractivity contribution >= 4 is 17.1 Å². The van der Waals surface area contributed by atoms with Crippen LogP contribution < -0.4 is 0 Å². The Morgan fingerprint density at radius 3 is 1.96 bits per heavy atom. The van der Waals surface area contributed by atoms with E-state index in [1.807, 2.05) is 67.6 Å². The largest absolute Gasteiger partial charge is 0.391 e. The maximum atomic E-state index is 11.0. The summed E-state index contributed by atoms with van der Waals surface area (Å²) in [7, 11) is 0. The van der Waals surface area contributed by atoms with Gasteiger partial charge < -0.3 is 20.1 Å². The van der Waals surface area contributed by atoms with Crippen molar-refractivity contribution in [3.05, 3.63) is 71.8 Å². The van der Waals surface area contributed by atoms with Gasteiger partial charge in [0.25, 0.3) is 0 Å². The minimum absolute atomic E-state index is 0.234. The number of aliphatic hydroxyl groups excluding tert-OH is 3. The lowest BCUT2D eigenvalue weighted by Gasteiger charge is -2.41. The van der Waals surface area contributed by atoms with Gasteiger partial charge in [-0.05, 0) is 24.5 Å². The van der Waals surface area contributed by atoms with Gasteiger partial charge in [-0.15, -0.1) is 0 Å². The maximum Gasteiger partial charge on any atom is 0.132 e. The SMILES string of the molecule is CCC(=S)[C@@](Cc1ccccc1)(OCc1ccccc1)[C@H](O)[C@H](O)[C@H](C)O. The van der Waals surface area contributed by atoms with E-state index in [4.69, 9.17) is 17.0 Å². The Bertz CT molecular complexity index is 705. The fourth-order valence-electron chi connectivity index (χ4n) is 3.11. The Hall–Kier alpha value is -1.63. The molecular weight excluding hydrogens is 360 g/mol. The van der Waals surface area contributed by atoms with Gasteiger partial charge in [-0.1, -0.05) is 79.8 Å². The molecular formula is C22H28O4S. The summed E-state index contributed by atoms with van der Waals surface area (Å²) >= 11 is 5.61. The topological polar surface area (TPSA) is 69.9 Å². The maximum absolute atomic E-state index is 11.0. The third kappa shape index (κ3) is 5.43. The number of benzene rings is 2. The van der Waals surface area contributed by atoms with Gasteiger partial charge in [0.2, 0.25) is 0 Å². The van der Waals surface area contributed by atoms with Gasteiger partial charge in [-0.2, -0.15) is 0 Å². The molecule has 0 saturated carbocycles. The van der Waals surface area contributed by atoms with E-state index in [2.05, 4.69) is 0 Å². The molecule has 2 aromatic carbocycles. The molecule has 0 unspecified atom stereocenters. The monoisotopic (exact) mass is 388 g/mol. The van der Waals surface area contributed by atoms with Crippen molar-refractivity contribution in [3.8, 4) is 0 Å². The quantitative estimate of drug-likeness (QED) is 0.546. The van der Waals surface area contributed by atoms with Crippen LogP contribution >= 0.6 is 12.2 Å². The number of hydrogen-bond acceptors (Lipinski definition) is 5. The van der Waals surface area contributed by atoms with Gasteiger partial charge in [-0.25, -0.2) is 0 Å². The predicted octanol–water partition coefficient (Wildman–Crippen LogP) is 3.07. The number of rotatable bonds is 10. The summed E-state index contributed by atoms with van der Waals surface area (Å²) < 4.78 is 6.24. The van der Waals surface area contributed by atoms with Crippen LogP contribution in [0.25, 0.3) is 0 Å². The molecule has 146 valence electrons. The summed E-state index contributed by atoms with van der Waals surface area (Å²) in [5.41, 5.74) is 0.573. The van der Waals surface area contributed by atoms with Crippen molar-refractivity contribution in [2.24, 2.45) is 0 Å². The van der Waals surface area contributed by atoms with E-state index in [-0.39, 0.29) is 6.61 Å². The average molecular weight is 389 g/mol. The van der Waals surface area contributed by atoms with Crippen molar-refractivity contribution in [2.45, 2.75) is 57.2 Å². The molecule has 0 spiro atoms. The van der Waals surface area contributed by atoms with E-state index >= 15 is 0 Å². The van der Waals surface area contributed by atoms with Crippen LogP contribution in [0.2, 0.25) is 0 Å². The Labute approximate surface area is 166 Å². The van der Waals surface area contributed by atoms with Crippen molar-refractivity contribution in [2.75, 3.05) is 0 Å². The normalized spacial score (nSPS) is 16.9. The highest BCUT2D eigenvalue weighted by Crippen LogP contribution is 2.30. The Kier molecular flexibility index (Phi) is 8.07. The smallest absolute Gasteiger partial charge is 0.132 e. The van der Waals surface area contributed by atoms with Crippen molar-refractivity contribution in [1.29, 1.82) is 0 Å². The molecule has 0 aliphatic heterocycles. The molecule has 3 N–H and O–H groups in total. The molecule has 2 rings (SSSR count). The summed E-state index contributed by atoms with van der Waals surface area (Å²) in [6.07, 6.45) is -3.06. The molecule has 0 amide bonds. The van der Waals surface area contributed by atoms with Gasteiger partial charge in [0.05, 0.1) is 12.7 Å². The molecule has 0 aliphatic rings. The second-order valence-electron chi connectivity index (χ2n) is 6.78. The van der Waals surface area contributed by atoms with E-state index in [0.29, 0.717) is 17.7 Å². The van der Waals surface area contributed by atoms with E-state index in [1.165, 1.54) is 6.92 Å². The third-order valence-electron chi connectivity index (χ3n) is 4.74. The third-order valence-corrected chi connectivity index (χ3v) is 5.37. The fraction of sp³-hybridized carbons (Fsp3) is 0.409. The molecule has 27 heavy (non-hydrogen) atoms. The summed E-state index contributed by atoms with van der Waals surface area (Å²) in [6.45, 7) is 3.57. The Morgan fingerprint density at radius 1 is 0.963 bits per heavy atom. The van der Waals surface area contributed by atoms with E-state index in [0.717, 1.165) is 11.1 Å². The first kappa shape index (κ1) is 21.7. The summed E-state index contributed by atoms with van der Waals surface area (Å²) in [4.78, 5) is 0.509. The van der Waals surface area contributed by atoms with Crippen LogP contribution in [0.3, 0.4) is 0 Å². The molecule has 0 fully saturated rings. The zero-order valence-corrected chi connectivity index (χ0v) is 16.6. The molecule has 4 nitrogen and oxygen atoms in total. The van der Waals surface area contributed by atoms with Crippen LogP contribution in [0.5, 0.6) is 0 Å². The second-order valence-corrected chi connectivity index (χ2v) is 7.27. The molecule has 4 atom stereocenters. The molecule has 2 aromatic rings. The van der Waals surface area contributed by atoms with Crippen LogP contribution in [-0.4, -0.2) is 44.1 Å². The minimum atomic E-state index is -1.38. The highest BCUT2D eigenvalue weighted by atomic mass is 32.1. The van der Waals surface area contributed by atoms with E-state index in [9.17, 15) is 15.3 Å². The Morgan fingerprint density at radius 2 is 1.48 bits per heavy atom. The van der Waals surface area contributed by atoms with Gasteiger partial charge in [0, 0.05) is 11.3 Å². The van der Waals surface area contributed by atoms with Crippen LogP contribution in [0, 0.1) is 0 Å². The molecule has 0 heterocycles. The van der Waals surface area contributed by atoms with Gasteiger partial charge >= 0.3 is 0 Å². The lowest BCUT2D eigenvalue weighted by molar-refractivity contribution is -0.149. The van der Waals surface area contributed by atoms with Crippen LogP contribution in [0.15, 0.2) is 60.7 Å². The van der Waals surface area contributed by atoms with Gasteiger partial charge in [0.15, 0.2) is 0 Å². The number of aliphatic hydroxyl groups is 3. The molecule has 0 saturated heterocycles. The molecule has 0 aromatic heterocycles.